The zero-order chi connectivity index (χ0) is 14.8. The highest BCUT2D eigenvalue weighted by molar-refractivity contribution is 5.94. The highest BCUT2D eigenvalue weighted by atomic mass is 16.4. The van der Waals surface area contributed by atoms with Crippen LogP contribution in [0.5, 0.6) is 0 Å². The second kappa shape index (κ2) is 5.85. The summed E-state index contributed by atoms with van der Waals surface area (Å²) in [6, 6.07) is 1.05. The van der Waals surface area contributed by atoms with E-state index in [1.807, 2.05) is 0 Å². The van der Waals surface area contributed by atoms with Crippen molar-refractivity contribution in [3.63, 3.8) is 0 Å². The molecule has 3 N–H and O–H groups in total. The first-order chi connectivity index (χ1) is 10.2. The molecule has 2 atom stereocenters. The second-order valence-corrected chi connectivity index (χ2v) is 5.89. The average Bonchev–Trinajstić information content (AvgIpc) is 2.53. The fourth-order valence-electron chi connectivity index (χ4n) is 3.32. The molecule has 0 bridgehead atoms. The summed E-state index contributed by atoms with van der Waals surface area (Å²) >= 11 is 0. The highest BCUT2D eigenvalue weighted by Gasteiger charge is 2.33. The summed E-state index contributed by atoms with van der Waals surface area (Å²) in [4.78, 5) is 13.6. The van der Waals surface area contributed by atoms with Gasteiger partial charge in [0.25, 0.3) is 0 Å². The molecule has 0 amide bonds. The van der Waals surface area contributed by atoms with Crippen molar-refractivity contribution in [2.24, 2.45) is 10.9 Å². The molecule has 7 heteroatoms. The van der Waals surface area contributed by atoms with Gasteiger partial charge in [0.2, 0.25) is 0 Å². The van der Waals surface area contributed by atoms with Crippen molar-refractivity contribution in [1.29, 1.82) is 0 Å². The minimum Gasteiger partial charge on any atom is -0.409 e. The molecule has 3 heterocycles. The van der Waals surface area contributed by atoms with Gasteiger partial charge < -0.3 is 15.8 Å². The number of nitrogens with zero attached hydrogens (tertiary/aromatic N) is 5. The summed E-state index contributed by atoms with van der Waals surface area (Å²) in [5, 5.41) is 11.6. The van der Waals surface area contributed by atoms with Gasteiger partial charge in [-0.25, -0.2) is 9.97 Å². The first-order valence-electron chi connectivity index (χ1n) is 7.49. The maximum atomic E-state index is 8.66. The third-order valence-corrected chi connectivity index (χ3v) is 4.49. The lowest BCUT2D eigenvalue weighted by Crippen LogP contribution is -2.59. The smallest absolute Gasteiger partial charge is 0.190 e. The Bertz CT molecular complexity index is 517. The number of piperazine rings is 1. The molecule has 3 rings (SSSR count). The van der Waals surface area contributed by atoms with Crippen molar-refractivity contribution in [1.82, 2.24) is 14.9 Å². The molecular formula is C14H22N6O. The summed E-state index contributed by atoms with van der Waals surface area (Å²) in [6.07, 6.45) is 7.17. The number of nitrogens with two attached hydrogens (primary N) is 1. The van der Waals surface area contributed by atoms with Gasteiger partial charge in [0.1, 0.15) is 11.5 Å². The normalized spacial score (nSPS) is 27.5. The molecule has 2 aliphatic heterocycles. The summed E-state index contributed by atoms with van der Waals surface area (Å²) in [5.41, 5.74) is 5.91. The van der Waals surface area contributed by atoms with Crippen molar-refractivity contribution in [3.05, 3.63) is 18.1 Å². The van der Waals surface area contributed by atoms with Crippen molar-refractivity contribution < 1.29 is 5.21 Å². The maximum absolute atomic E-state index is 8.66. The fraction of sp³-hybridized carbons (Fsp3) is 0.643. The lowest BCUT2D eigenvalue weighted by molar-refractivity contribution is 0.115. The summed E-state index contributed by atoms with van der Waals surface area (Å²) < 4.78 is 0. The van der Waals surface area contributed by atoms with Crippen LogP contribution < -0.4 is 10.6 Å². The zero-order valence-corrected chi connectivity index (χ0v) is 12.3. The van der Waals surface area contributed by atoms with E-state index in [-0.39, 0.29) is 5.84 Å². The molecule has 0 saturated carbocycles. The number of aromatic nitrogens is 2. The Morgan fingerprint density at radius 3 is 2.90 bits per heavy atom. The van der Waals surface area contributed by atoms with Crippen molar-refractivity contribution >= 4 is 11.7 Å². The van der Waals surface area contributed by atoms with E-state index in [0.29, 0.717) is 17.8 Å². The first kappa shape index (κ1) is 14.1. The van der Waals surface area contributed by atoms with E-state index >= 15 is 0 Å². The van der Waals surface area contributed by atoms with Crippen LogP contribution in [0.25, 0.3) is 0 Å². The SMILES string of the molecule is CC1CN2CCCCC2CN1c1cnc(C(N)=NO)cn1. The van der Waals surface area contributed by atoms with E-state index in [0.717, 1.165) is 18.9 Å². The summed E-state index contributed by atoms with van der Waals surface area (Å²) in [6.45, 7) is 5.52. The van der Waals surface area contributed by atoms with Crippen molar-refractivity contribution in [3.8, 4) is 0 Å². The van der Waals surface area contributed by atoms with Gasteiger partial charge in [-0.3, -0.25) is 4.90 Å². The third-order valence-electron chi connectivity index (χ3n) is 4.49. The Morgan fingerprint density at radius 1 is 1.33 bits per heavy atom. The van der Waals surface area contributed by atoms with Crippen LogP contribution in [0.4, 0.5) is 5.82 Å². The monoisotopic (exact) mass is 290 g/mol. The standard InChI is InChI=1S/C14H22N6O/c1-10-8-19-5-3-2-4-11(19)9-20(10)13-7-16-12(6-17-13)14(15)18-21/h6-7,10-11,21H,2-5,8-9H2,1H3,(H2,15,18). The van der Waals surface area contributed by atoms with Gasteiger partial charge in [-0.15, -0.1) is 0 Å². The number of amidine groups is 1. The van der Waals surface area contributed by atoms with Gasteiger partial charge >= 0.3 is 0 Å². The molecular weight excluding hydrogens is 268 g/mol. The predicted octanol–water partition coefficient (Wildman–Crippen LogP) is 0.634. The van der Waals surface area contributed by atoms with Gasteiger partial charge in [-0.2, -0.15) is 0 Å². The summed E-state index contributed by atoms with van der Waals surface area (Å²) in [5.74, 6) is 0.849. The Hall–Kier alpha value is -1.89. The molecule has 0 aromatic carbocycles. The van der Waals surface area contributed by atoms with Crippen molar-refractivity contribution in [2.45, 2.75) is 38.3 Å². The van der Waals surface area contributed by atoms with E-state index in [1.165, 1.54) is 25.8 Å². The maximum Gasteiger partial charge on any atom is 0.190 e. The van der Waals surface area contributed by atoms with Crippen LogP contribution in [-0.4, -0.2) is 57.6 Å². The minimum atomic E-state index is -0.0146. The Kier molecular flexibility index (Phi) is 3.92. The third kappa shape index (κ3) is 2.78. The summed E-state index contributed by atoms with van der Waals surface area (Å²) in [7, 11) is 0. The molecule has 114 valence electrons. The van der Waals surface area contributed by atoms with Crippen LogP contribution in [0.2, 0.25) is 0 Å². The van der Waals surface area contributed by atoms with E-state index in [1.54, 1.807) is 12.4 Å². The largest absolute Gasteiger partial charge is 0.409 e. The van der Waals surface area contributed by atoms with Gasteiger partial charge in [0.15, 0.2) is 5.84 Å². The topological polar surface area (TPSA) is 90.9 Å². The Morgan fingerprint density at radius 2 is 2.19 bits per heavy atom. The van der Waals surface area contributed by atoms with Crippen LogP contribution >= 0.6 is 0 Å². The van der Waals surface area contributed by atoms with Gasteiger partial charge in [-0.1, -0.05) is 11.6 Å². The quantitative estimate of drug-likeness (QED) is 0.359. The molecule has 2 aliphatic rings. The van der Waals surface area contributed by atoms with Gasteiger partial charge in [-0.05, 0) is 26.3 Å². The van der Waals surface area contributed by atoms with Gasteiger partial charge in [0, 0.05) is 25.2 Å². The molecule has 0 aliphatic carbocycles. The van der Waals surface area contributed by atoms with E-state index in [4.69, 9.17) is 10.9 Å². The average molecular weight is 290 g/mol. The van der Waals surface area contributed by atoms with E-state index in [2.05, 4.69) is 31.8 Å². The molecule has 21 heavy (non-hydrogen) atoms. The number of hydrogen-bond acceptors (Lipinski definition) is 6. The van der Waals surface area contributed by atoms with Crippen LogP contribution in [0.1, 0.15) is 31.9 Å². The van der Waals surface area contributed by atoms with Crippen LogP contribution in [0.15, 0.2) is 17.5 Å². The molecule has 7 nitrogen and oxygen atoms in total. The number of fused-ring (bicyclic) bond motifs is 1. The number of piperidine rings is 1. The molecule has 2 unspecified atom stereocenters. The number of rotatable bonds is 2. The molecule has 2 fully saturated rings. The first-order valence-corrected chi connectivity index (χ1v) is 7.49. The Labute approximate surface area is 124 Å². The van der Waals surface area contributed by atoms with Crippen LogP contribution in [0.3, 0.4) is 0 Å². The fourth-order valence-corrected chi connectivity index (χ4v) is 3.32. The van der Waals surface area contributed by atoms with Gasteiger partial charge in [0.05, 0.1) is 12.4 Å². The zero-order valence-electron chi connectivity index (χ0n) is 12.3. The van der Waals surface area contributed by atoms with Crippen molar-refractivity contribution in [2.75, 3.05) is 24.5 Å². The van der Waals surface area contributed by atoms with Crippen LogP contribution in [0, 0.1) is 0 Å². The van der Waals surface area contributed by atoms with E-state index in [9.17, 15) is 0 Å². The lowest BCUT2D eigenvalue weighted by Gasteiger charge is -2.47. The predicted molar refractivity (Wildman–Crippen MR) is 80.6 cm³/mol. The molecule has 0 radical (unpaired) electrons. The Balaban J connectivity index is 1.76. The lowest BCUT2D eigenvalue weighted by atomic mass is 9.97. The number of hydrogen-bond donors (Lipinski definition) is 2. The molecule has 1 aromatic rings. The molecule has 2 saturated heterocycles. The molecule has 1 aromatic heterocycles. The molecule has 0 spiro atoms. The van der Waals surface area contributed by atoms with Crippen LogP contribution in [-0.2, 0) is 0 Å². The van der Waals surface area contributed by atoms with E-state index < -0.39 is 0 Å². The number of anilines is 1. The minimum absolute atomic E-state index is 0.0146. The second-order valence-electron chi connectivity index (χ2n) is 5.89. The highest BCUT2D eigenvalue weighted by Crippen LogP contribution is 2.26. The number of oxime groups is 1.